The SMILES string of the molecule is CCc1ccc(-c2onc(N)c2-c2cccc(OC)c2)o1. The van der Waals surface area contributed by atoms with Crippen LogP contribution in [0.3, 0.4) is 0 Å². The van der Waals surface area contributed by atoms with Crippen molar-refractivity contribution in [2.45, 2.75) is 13.3 Å². The van der Waals surface area contributed by atoms with Gasteiger partial charge in [0, 0.05) is 6.42 Å². The average molecular weight is 284 g/mol. The van der Waals surface area contributed by atoms with Crippen molar-refractivity contribution < 1.29 is 13.7 Å². The molecule has 5 nitrogen and oxygen atoms in total. The Labute approximate surface area is 122 Å². The van der Waals surface area contributed by atoms with Crippen molar-refractivity contribution >= 4 is 5.82 Å². The summed E-state index contributed by atoms with van der Waals surface area (Å²) >= 11 is 0. The van der Waals surface area contributed by atoms with E-state index in [-0.39, 0.29) is 0 Å². The molecule has 0 bridgehead atoms. The van der Waals surface area contributed by atoms with Gasteiger partial charge < -0.3 is 19.4 Å². The minimum atomic E-state index is 0.327. The van der Waals surface area contributed by atoms with Crippen LogP contribution in [0, 0.1) is 0 Å². The zero-order valence-corrected chi connectivity index (χ0v) is 11.9. The summed E-state index contributed by atoms with van der Waals surface area (Å²) in [5, 5.41) is 3.86. The van der Waals surface area contributed by atoms with E-state index < -0.39 is 0 Å². The molecule has 0 aliphatic carbocycles. The minimum absolute atomic E-state index is 0.327. The zero-order chi connectivity index (χ0) is 14.8. The second kappa shape index (κ2) is 5.36. The Morgan fingerprint density at radius 1 is 1.24 bits per heavy atom. The Morgan fingerprint density at radius 2 is 2.10 bits per heavy atom. The first-order chi connectivity index (χ1) is 10.2. The molecule has 2 heterocycles. The smallest absolute Gasteiger partial charge is 0.212 e. The number of aromatic nitrogens is 1. The highest BCUT2D eigenvalue weighted by molar-refractivity contribution is 5.85. The molecule has 0 spiro atoms. The first kappa shape index (κ1) is 13.3. The molecule has 21 heavy (non-hydrogen) atoms. The maximum absolute atomic E-state index is 5.95. The van der Waals surface area contributed by atoms with Crippen molar-refractivity contribution in [1.29, 1.82) is 0 Å². The van der Waals surface area contributed by atoms with Crippen LogP contribution in [0.15, 0.2) is 45.3 Å². The fourth-order valence-corrected chi connectivity index (χ4v) is 2.22. The Hall–Kier alpha value is -2.69. The number of furan rings is 1. The van der Waals surface area contributed by atoms with Crippen LogP contribution in [-0.4, -0.2) is 12.3 Å². The van der Waals surface area contributed by atoms with Crippen molar-refractivity contribution in [2.24, 2.45) is 0 Å². The molecule has 0 saturated heterocycles. The molecule has 2 aromatic heterocycles. The normalized spacial score (nSPS) is 10.8. The van der Waals surface area contributed by atoms with Gasteiger partial charge >= 0.3 is 0 Å². The highest BCUT2D eigenvalue weighted by Crippen LogP contribution is 2.38. The van der Waals surface area contributed by atoms with Gasteiger partial charge in [-0.15, -0.1) is 0 Å². The summed E-state index contributed by atoms with van der Waals surface area (Å²) in [7, 11) is 1.62. The first-order valence-corrected chi connectivity index (χ1v) is 6.71. The molecular formula is C16H16N2O3. The number of hydrogen-bond donors (Lipinski definition) is 1. The third kappa shape index (κ3) is 2.38. The van der Waals surface area contributed by atoms with E-state index in [2.05, 4.69) is 5.16 Å². The van der Waals surface area contributed by atoms with E-state index in [9.17, 15) is 0 Å². The van der Waals surface area contributed by atoms with E-state index in [0.717, 1.165) is 23.5 Å². The van der Waals surface area contributed by atoms with Crippen LogP contribution in [0.4, 0.5) is 5.82 Å². The molecule has 3 aromatic rings. The number of aryl methyl sites for hydroxylation is 1. The van der Waals surface area contributed by atoms with Crippen LogP contribution in [0.1, 0.15) is 12.7 Å². The molecule has 108 valence electrons. The average Bonchev–Trinajstić information content (AvgIpc) is 3.13. The predicted octanol–water partition coefficient (Wildman–Crippen LogP) is 3.75. The largest absolute Gasteiger partial charge is 0.497 e. The maximum atomic E-state index is 5.95. The van der Waals surface area contributed by atoms with Crippen molar-refractivity contribution in [3.63, 3.8) is 0 Å². The van der Waals surface area contributed by atoms with E-state index in [0.29, 0.717) is 22.9 Å². The van der Waals surface area contributed by atoms with E-state index in [1.54, 1.807) is 7.11 Å². The molecule has 2 N–H and O–H groups in total. The van der Waals surface area contributed by atoms with Gasteiger partial charge in [-0.2, -0.15) is 0 Å². The Kier molecular flexibility index (Phi) is 3.39. The van der Waals surface area contributed by atoms with Crippen LogP contribution >= 0.6 is 0 Å². The Balaban J connectivity index is 2.12. The van der Waals surface area contributed by atoms with Crippen molar-refractivity contribution in [2.75, 3.05) is 12.8 Å². The van der Waals surface area contributed by atoms with Gasteiger partial charge in [0.1, 0.15) is 11.5 Å². The summed E-state index contributed by atoms with van der Waals surface area (Å²) in [6, 6.07) is 11.4. The van der Waals surface area contributed by atoms with Crippen LogP contribution < -0.4 is 10.5 Å². The summed E-state index contributed by atoms with van der Waals surface area (Å²) in [6.07, 6.45) is 0.818. The van der Waals surface area contributed by atoms with Crippen LogP contribution in [-0.2, 0) is 6.42 Å². The number of methoxy groups -OCH3 is 1. The van der Waals surface area contributed by atoms with Gasteiger partial charge in [0.25, 0.3) is 0 Å². The molecular weight excluding hydrogens is 268 g/mol. The molecule has 0 saturated carbocycles. The lowest BCUT2D eigenvalue weighted by molar-refractivity contribution is 0.414. The van der Waals surface area contributed by atoms with Gasteiger partial charge in [-0.3, -0.25) is 0 Å². The number of hydrogen-bond acceptors (Lipinski definition) is 5. The molecule has 5 heteroatoms. The third-order valence-electron chi connectivity index (χ3n) is 3.31. The highest BCUT2D eigenvalue weighted by atomic mass is 16.5. The van der Waals surface area contributed by atoms with Crippen LogP contribution in [0.5, 0.6) is 5.75 Å². The van der Waals surface area contributed by atoms with E-state index in [4.69, 9.17) is 19.4 Å². The number of nitrogen functional groups attached to an aromatic ring is 1. The monoisotopic (exact) mass is 284 g/mol. The van der Waals surface area contributed by atoms with Crippen molar-refractivity contribution in [3.05, 3.63) is 42.2 Å². The summed E-state index contributed by atoms with van der Waals surface area (Å²) in [6.45, 7) is 2.03. The maximum Gasteiger partial charge on any atom is 0.212 e. The number of anilines is 1. The summed E-state index contributed by atoms with van der Waals surface area (Å²) < 4.78 is 16.3. The van der Waals surface area contributed by atoms with E-state index in [1.807, 2.05) is 43.3 Å². The molecule has 0 aliphatic rings. The van der Waals surface area contributed by atoms with Gasteiger partial charge in [-0.1, -0.05) is 24.2 Å². The van der Waals surface area contributed by atoms with E-state index >= 15 is 0 Å². The summed E-state index contributed by atoms with van der Waals surface area (Å²) in [4.78, 5) is 0. The van der Waals surface area contributed by atoms with E-state index in [1.165, 1.54) is 0 Å². The van der Waals surface area contributed by atoms with Gasteiger partial charge in [-0.05, 0) is 29.8 Å². The highest BCUT2D eigenvalue weighted by Gasteiger charge is 2.20. The second-order valence-corrected chi connectivity index (χ2v) is 4.62. The number of nitrogens with two attached hydrogens (primary N) is 1. The van der Waals surface area contributed by atoms with Crippen molar-refractivity contribution in [1.82, 2.24) is 5.16 Å². The quantitative estimate of drug-likeness (QED) is 0.789. The van der Waals surface area contributed by atoms with Gasteiger partial charge in [0.15, 0.2) is 11.6 Å². The fourth-order valence-electron chi connectivity index (χ4n) is 2.22. The topological polar surface area (TPSA) is 74.4 Å². The number of benzene rings is 1. The standard InChI is InChI=1S/C16H16N2O3/c1-3-11-7-8-13(20-11)15-14(16(17)18-21-15)10-5-4-6-12(9-10)19-2/h4-9H,3H2,1-2H3,(H2,17,18). The van der Waals surface area contributed by atoms with Gasteiger partial charge in [-0.25, -0.2) is 0 Å². The van der Waals surface area contributed by atoms with Gasteiger partial charge in [0.2, 0.25) is 5.76 Å². The fraction of sp³-hybridized carbons (Fsp3) is 0.188. The zero-order valence-electron chi connectivity index (χ0n) is 11.9. The Bertz CT molecular complexity index is 758. The minimum Gasteiger partial charge on any atom is -0.497 e. The molecule has 0 radical (unpaired) electrons. The predicted molar refractivity (Wildman–Crippen MR) is 80.0 cm³/mol. The first-order valence-electron chi connectivity index (χ1n) is 6.71. The summed E-state index contributed by atoms with van der Waals surface area (Å²) in [5.74, 6) is 3.10. The van der Waals surface area contributed by atoms with Crippen LogP contribution in [0.2, 0.25) is 0 Å². The lowest BCUT2D eigenvalue weighted by Crippen LogP contribution is -1.89. The van der Waals surface area contributed by atoms with Crippen LogP contribution in [0.25, 0.3) is 22.6 Å². The van der Waals surface area contributed by atoms with Crippen molar-refractivity contribution in [3.8, 4) is 28.4 Å². The molecule has 0 aliphatic heterocycles. The lowest BCUT2D eigenvalue weighted by atomic mass is 10.0. The van der Waals surface area contributed by atoms with Gasteiger partial charge in [0.05, 0.1) is 12.7 Å². The molecule has 0 unspecified atom stereocenters. The Morgan fingerprint density at radius 3 is 2.81 bits per heavy atom. The number of rotatable bonds is 4. The molecule has 0 amide bonds. The molecule has 0 atom stereocenters. The molecule has 1 aromatic carbocycles. The third-order valence-corrected chi connectivity index (χ3v) is 3.31. The summed E-state index contributed by atoms with van der Waals surface area (Å²) in [5.41, 5.74) is 7.54. The molecule has 3 rings (SSSR count). The second-order valence-electron chi connectivity index (χ2n) is 4.62. The lowest BCUT2D eigenvalue weighted by Gasteiger charge is -2.04. The number of nitrogens with zero attached hydrogens (tertiary/aromatic N) is 1. The molecule has 0 fully saturated rings. The number of ether oxygens (including phenoxy) is 1.